The normalized spacial score (nSPS) is 11.6. The Morgan fingerprint density at radius 1 is 1.43 bits per heavy atom. The quantitative estimate of drug-likeness (QED) is 0.618. The van der Waals surface area contributed by atoms with Crippen LogP contribution < -0.4 is 5.32 Å². The van der Waals surface area contributed by atoms with E-state index in [0.29, 0.717) is 12.1 Å². The molecule has 1 aromatic rings. The molecule has 0 unspecified atom stereocenters. The van der Waals surface area contributed by atoms with E-state index in [4.69, 9.17) is 6.42 Å². The van der Waals surface area contributed by atoms with E-state index in [1.807, 2.05) is 6.92 Å². The number of rotatable bonds is 7. The van der Waals surface area contributed by atoms with Gasteiger partial charge in [0.15, 0.2) is 0 Å². The minimum Gasteiger partial charge on any atom is -0.313 e. The van der Waals surface area contributed by atoms with E-state index in [-0.39, 0.29) is 17.0 Å². The number of hydrogen-bond donors (Lipinski definition) is 1. The van der Waals surface area contributed by atoms with Gasteiger partial charge in [-0.05, 0) is 37.6 Å². The molecule has 1 rings (SSSR count). The molecule has 0 saturated carbocycles. The third-order valence-electron chi connectivity index (χ3n) is 3.11. The molecular weight excluding hydrogens is 291 g/mol. The molecule has 0 aromatic heterocycles. The van der Waals surface area contributed by atoms with Crippen LogP contribution >= 0.6 is 0 Å². The molecule has 0 heterocycles. The first-order chi connectivity index (χ1) is 9.84. The molecule has 0 fully saturated rings. The van der Waals surface area contributed by atoms with E-state index in [2.05, 4.69) is 11.2 Å². The topological polar surface area (TPSA) is 49.4 Å². The van der Waals surface area contributed by atoms with Gasteiger partial charge >= 0.3 is 0 Å². The van der Waals surface area contributed by atoms with Gasteiger partial charge in [-0.3, -0.25) is 0 Å². The van der Waals surface area contributed by atoms with Crippen molar-refractivity contribution in [1.82, 2.24) is 9.62 Å². The number of nitrogens with one attached hydrogen (secondary N) is 1. The van der Waals surface area contributed by atoms with E-state index < -0.39 is 15.8 Å². The zero-order valence-corrected chi connectivity index (χ0v) is 13.4. The molecular formula is C15H21FN2O2S. The van der Waals surface area contributed by atoms with Crippen molar-refractivity contribution in [2.24, 2.45) is 0 Å². The van der Waals surface area contributed by atoms with Crippen LogP contribution in [0, 0.1) is 25.1 Å². The number of nitrogens with zero attached hydrogens (tertiary/aromatic N) is 1. The van der Waals surface area contributed by atoms with Gasteiger partial charge < -0.3 is 5.32 Å². The average molecular weight is 312 g/mol. The van der Waals surface area contributed by atoms with Crippen molar-refractivity contribution in [2.75, 3.05) is 20.1 Å². The van der Waals surface area contributed by atoms with Crippen LogP contribution in [0.15, 0.2) is 17.0 Å². The van der Waals surface area contributed by atoms with Crippen molar-refractivity contribution in [3.05, 3.63) is 29.1 Å². The molecule has 0 radical (unpaired) electrons. The van der Waals surface area contributed by atoms with Crippen molar-refractivity contribution in [2.45, 2.75) is 31.7 Å². The summed E-state index contributed by atoms with van der Waals surface area (Å²) in [5.74, 6) is 1.75. The third-order valence-corrected chi connectivity index (χ3v) is 5.04. The smallest absolute Gasteiger partial charge is 0.244 e. The lowest BCUT2D eigenvalue weighted by atomic mass is 10.1. The van der Waals surface area contributed by atoms with E-state index in [9.17, 15) is 12.8 Å². The van der Waals surface area contributed by atoms with Crippen LogP contribution in [0.2, 0.25) is 0 Å². The molecule has 116 valence electrons. The summed E-state index contributed by atoms with van der Waals surface area (Å²) in [6.45, 7) is 4.63. The van der Waals surface area contributed by atoms with Crippen LogP contribution in [0.3, 0.4) is 0 Å². The van der Waals surface area contributed by atoms with Crippen molar-refractivity contribution in [1.29, 1.82) is 0 Å². The Labute approximate surface area is 126 Å². The number of terminal acetylenes is 1. The number of sulfonamides is 1. The highest BCUT2D eigenvalue weighted by Crippen LogP contribution is 2.23. The molecule has 0 amide bonds. The van der Waals surface area contributed by atoms with Crippen molar-refractivity contribution in [3.8, 4) is 12.3 Å². The molecule has 0 spiro atoms. The van der Waals surface area contributed by atoms with Crippen LogP contribution in [0.25, 0.3) is 0 Å². The third kappa shape index (κ3) is 4.27. The molecule has 0 aliphatic rings. The fourth-order valence-corrected chi connectivity index (χ4v) is 3.23. The Morgan fingerprint density at radius 2 is 2.10 bits per heavy atom. The molecule has 1 N–H and O–H groups in total. The van der Waals surface area contributed by atoms with Gasteiger partial charge in [0.1, 0.15) is 5.82 Å². The Balaban J connectivity index is 3.20. The molecule has 21 heavy (non-hydrogen) atoms. The first kappa shape index (κ1) is 17.6. The van der Waals surface area contributed by atoms with Crippen LogP contribution in [0.5, 0.6) is 0 Å². The first-order valence-electron chi connectivity index (χ1n) is 6.74. The van der Waals surface area contributed by atoms with Gasteiger partial charge in [-0.1, -0.05) is 12.8 Å². The molecule has 0 saturated heterocycles. The van der Waals surface area contributed by atoms with Gasteiger partial charge in [0.25, 0.3) is 0 Å². The highest BCUT2D eigenvalue weighted by molar-refractivity contribution is 7.89. The summed E-state index contributed by atoms with van der Waals surface area (Å²) in [5.41, 5.74) is 0.706. The highest BCUT2D eigenvalue weighted by Gasteiger charge is 2.24. The monoisotopic (exact) mass is 312 g/mol. The lowest BCUT2D eigenvalue weighted by Crippen LogP contribution is -2.28. The van der Waals surface area contributed by atoms with Gasteiger partial charge in [-0.15, -0.1) is 6.42 Å². The Kier molecular flexibility index (Phi) is 6.34. The predicted molar refractivity (Wildman–Crippen MR) is 81.8 cm³/mol. The van der Waals surface area contributed by atoms with Crippen molar-refractivity contribution in [3.63, 3.8) is 0 Å². The molecule has 6 heteroatoms. The van der Waals surface area contributed by atoms with Gasteiger partial charge in [-0.25, -0.2) is 12.8 Å². The predicted octanol–water partition coefficient (Wildman–Crippen LogP) is 1.89. The maximum atomic E-state index is 14.0. The van der Waals surface area contributed by atoms with Crippen LogP contribution in [-0.2, 0) is 16.6 Å². The van der Waals surface area contributed by atoms with E-state index in [1.54, 1.807) is 0 Å². The molecule has 4 nitrogen and oxygen atoms in total. The minimum atomic E-state index is -3.78. The molecule has 0 atom stereocenters. The zero-order valence-electron chi connectivity index (χ0n) is 12.6. The summed E-state index contributed by atoms with van der Waals surface area (Å²) in [7, 11) is -2.40. The number of benzene rings is 1. The van der Waals surface area contributed by atoms with Gasteiger partial charge in [0, 0.05) is 19.2 Å². The SMILES string of the molecule is C#CCN(C)S(=O)(=O)c1cc(CNCCC)cc(F)c1C. The number of halogens is 1. The van der Waals surface area contributed by atoms with Crippen molar-refractivity contribution < 1.29 is 12.8 Å². The fourth-order valence-electron chi connectivity index (χ4n) is 1.87. The Hall–Kier alpha value is -1.42. The maximum absolute atomic E-state index is 14.0. The summed E-state index contributed by atoms with van der Waals surface area (Å²) in [6.07, 6.45) is 6.09. The zero-order chi connectivity index (χ0) is 16.0. The van der Waals surface area contributed by atoms with Crippen LogP contribution in [0.1, 0.15) is 24.5 Å². The first-order valence-corrected chi connectivity index (χ1v) is 8.18. The second-order valence-electron chi connectivity index (χ2n) is 4.84. The van der Waals surface area contributed by atoms with Gasteiger partial charge in [0.2, 0.25) is 10.0 Å². The summed E-state index contributed by atoms with van der Waals surface area (Å²) < 4.78 is 39.9. The van der Waals surface area contributed by atoms with Gasteiger partial charge in [0.05, 0.1) is 11.4 Å². The highest BCUT2D eigenvalue weighted by atomic mass is 32.2. The number of hydrogen-bond acceptors (Lipinski definition) is 3. The Morgan fingerprint density at radius 3 is 2.67 bits per heavy atom. The van der Waals surface area contributed by atoms with Crippen LogP contribution in [0.4, 0.5) is 4.39 Å². The standard InChI is InChI=1S/C15H21FN2O2S/c1-5-7-17-11-13-9-14(16)12(3)15(10-13)21(19,20)18(4)8-6-2/h2,9-10,17H,5,7-8,11H2,1,3-4H3. The molecule has 1 aromatic carbocycles. The van der Waals surface area contributed by atoms with Gasteiger partial charge in [-0.2, -0.15) is 4.31 Å². The second kappa shape index (κ2) is 7.55. The summed E-state index contributed by atoms with van der Waals surface area (Å²) >= 11 is 0. The largest absolute Gasteiger partial charge is 0.313 e. The van der Waals surface area contributed by atoms with E-state index in [0.717, 1.165) is 17.3 Å². The lowest BCUT2D eigenvalue weighted by molar-refractivity contribution is 0.500. The Bertz CT molecular complexity index is 636. The lowest BCUT2D eigenvalue weighted by Gasteiger charge is -2.17. The fraction of sp³-hybridized carbons (Fsp3) is 0.467. The van der Waals surface area contributed by atoms with E-state index in [1.165, 1.54) is 26.1 Å². The van der Waals surface area contributed by atoms with E-state index >= 15 is 0 Å². The van der Waals surface area contributed by atoms with Crippen molar-refractivity contribution >= 4 is 10.0 Å². The molecule has 0 aliphatic heterocycles. The summed E-state index contributed by atoms with van der Waals surface area (Å²) in [6, 6.07) is 2.86. The summed E-state index contributed by atoms with van der Waals surface area (Å²) in [5, 5.41) is 3.12. The second-order valence-corrected chi connectivity index (χ2v) is 6.86. The summed E-state index contributed by atoms with van der Waals surface area (Å²) in [4.78, 5) is -0.0338. The molecule has 0 aliphatic carbocycles. The maximum Gasteiger partial charge on any atom is 0.244 e. The average Bonchev–Trinajstić information content (AvgIpc) is 2.42. The minimum absolute atomic E-state index is 0.0338. The molecule has 0 bridgehead atoms. The van der Waals surface area contributed by atoms with Crippen LogP contribution in [-0.4, -0.2) is 32.9 Å².